The minimum absolute atomic E-state index is 0.275. The largest absolute Gasteiger partial charge is 0.338 e. The lowest BCUT2D eigenvalue weighted by Gasteiger charge is -2.20. The van der Waals surface area contributed by atoms with E-state index in [2.05, 4.69) is 18.4 Å². The first-order valence-electron chi connectivity index (χ1n) is 5.65. The Hall–Kier alpha value is -0.480. The van der Waals surface area contributed by atoms with Gasteiger partial charge in [0, 0.05) is 23.6 Å². The van der Waals surface area contributed by atoms with Crippen LogP contribution in [0.3, 0.4) is 0 Å². The third kappa shape index (κ3) is 4.58. The summed E-state index contributed by atoms with van der Waals surface area (Å²) in [6.45, 7) is 5.73. The van der Waals surface area contributed by atoms with Crippen LogP contribution in [0.15, 0.2) is 17.5 Å². The average molecular weight is 257 g/mol. The maximum absolute atomic E-state index is 11.9. The van der Waals surface area contributed by atoms with E-state index in [0.717, 1.165) is 24.6 Å². The second-order valence-electron chi connectivity index (χ2n) is 3.43. The molecule has 1 rings (SSSR count). The summed E-state index contributed by atoms with van der Waals surface area (Å²) < 4.78 is 0. The molecule has 0 aliphatic heterocycles. The molecule has 0 aromatic carbocycles. The van der Waals surface area contributed by atoms with Gasteiger partial charge in [-0.25, -0.2) is 0 Å². The highest BCUT2D eigenvalue weighted by Crippen LogP contribution is 2.13. The summed E-state index contributed by atoms with van der Waals surface area (Å²) in [6.07, 6.45) is 0.664. The van der Waals surface area contributed by atoms with Crippen LogP contribution in [-0.4, -0.2) is 28.9 Å². The molecule has 1 amide bonds. The van der Waals surface area contributed by atoms with Crippen molar-refractivity contribution in [3.05, 3.63) is 22.4 Å². The summed E-state index contributed by atoms with van der Waals surface area (Å²) in [5, 5.41) is 2.06. The molecule has 0 aliphatic rings. The molecule has 1 aromatic rings. The highest BCUT2D eigenvalue weighted by molar-refractivity contribution is 7.99. The third-order valence-corrected chi connectivity index (χ3v) is 4.09. The van der Waals surface area contributed by atoms with Crippen molar-refractivity contribution >= 4 is 29.0 Å². The molecule has 0 fully saturated rings. The second kappa shape index (κ2) is 7.74. The highest BCUT2D eigenvalue weighted by atomic mass is 32.2. The first-order valence-corrected chi connectivity index (χ1v) is 7.69. The van der Waals surface area contributed by atoms with Crippen molar-refractivity contribution in [2.45, 2.75) is 26.8 Å². The van der Waals surface area contributed by atoms with E-state index in [0.29, 0.717) is 6.42 Å². The molecule has 4 heteroatoms. The number of rotatable bonds is 7. The maximum Gasteiger partial charge on any atom is 0.223 e. The number of thiophene rings is 1. The molecule has 0 atom stereocenters. The lowest BCUT2D eigenvalue weighted by molar-refractivity contribution is -0.131. The number of hydrogen-bond acceptors (Lipinski definition) is 3. The highest BCUT2D eigenvalue weighted by Gasteiger charge is 2.11. The van der Waals surface area contributed by atoms with Gasteiger partial charge in [0.2, 0.25) is 5.91 Å². The zero-order valence-electron chi connectivity index (χ0n) is 9.94. The normalized spacial score (nSPS) is 10.4. The monoisotopic (exact) mass is 257 g/mol. The molecule has 0 bridgehead atoms. The van der Waals surface area contributed by atoms with E-state index in [1.807, 2.05) is 29.7 Å². The van der Waals surface area contributed by atoms with Gasteiger partial charge in [-0.3, -0.25) is 4.79 Å². The SMILES string of the molecule is CCSCCC(=O)N(CC)Cc1cccs1. The number of thioether (sulfide) groups is 1. The minimum Gasteiger partial charge on any atom is -0.338 e. The van der Waals surface area contributed by atoms with Crippen LogP contribution in [0.25, 0.3) is 0 Å². The van der Waals surface area contributed by atoms with Gasteiger partial charge in [-0.05, 0) is 24.1 Å². The fourth-order valence-corrected chi connectivity index (χ4v) is 2.76. The Labute approximate surface area is 106 Å². The molecule has 2 nitrogen and oxygen atoms in total. The minimum atomic E-state index is 0.275. The van der Waals surface area contributed by atoms with Crippen LogP contribution in [0, 0.1) is 0 Å². The number of amides is 1. The van der Waals surface area contributed by atoms with Gasteiger partial charge in [0.05, 0.1) is 6.54 Å². The van der Waals surface area contributed by atoms with Crippen LogP contribution >= 0.6 is 23.1 Å². The van der Waals surface area contributed by atoms with Crippen LogP contribution in [0.4, 0.5) is 0 Å². The molecule has 16 heavy (non-hydrogen) atoms. The van der Waals surface area contributed by atoms with Gasteiger partial charge in [0.15, 0.2) is 0 Å². The van der Waals surface area contributed by atoms with Gasteiger partial charge in [-0.1, -0.05) is 13.0 Å². The van der Waals surface area contributed by atoms with Crippen LogP contribution in [0.2, 0.25) is 0 Å². The van der Waals surface area contributed by atoms with Gasteiger partial charge in [-0.15, -0.1) is 11.3 Å². The summed E-state index contributed by atoms with van der Waals surface area (Å²) in [5.41, 5.74) is 0. The Morgan fingerprint density at radius 3 is 2.88 bits per heavy atom. The van der Waals surface area contributed by atoms with Gasteiger partial charge in [0.1, 0.15) is 0 Å². The summed E-state index contributed by atoms with van der Waals surface area (Å²) in [5.74, 6) is 2.30. The molecule has 1 aromatic heterocycles. The van der Waals surface area contributed by atoms with E-state index in [9.17, 15) is 4.79 Å². The summed E-state index contributed by atoms with van der Waals surface area (Å²) in [4.78, 5) is 15.1. The molecule has 0 radical (unpaired) electrons. The van der Waals surface area contributed by atoms with Crippen molar-refractivity contribution in [2.24, 2.45) is 0 Å². The Morgan fingerprint density at radius 2 is 2.31 bits per heavy atom. The first kappa shape index (κ1) is 13.6. The van der Waals surface area contributed by atoms with E-state index in [1.165, 1.54) is 4.88 Å². The number of carbonyl (C=O) groups excluding carboxylic acids is 1. The van der Waals surface area contributed by atoms with Crippen LogP contribution in [0.1, 0.15) is 25.1 Å². The van der Waals surface area contributed by atoms with E-state index in [4.69, 9.17) is 0 Å². The molecular weight excluding hydrogens is 238 g/mol. The zero-order valence-corrected chi connectivity index (χ0v) is 11.6. The van der Waals surface area contributed by atoms with Crippen molar-refractivity contribution in [1.82, 2.24) is 4.90 Å². The van der Waals surface area contributed by atoms with Crippen molar-refractivity contribution in [2.75, 3.05) is 18.1 Å². The van der Waals surface area contributed by atoms with E-state index < -0.39 is 0 Å². The standard InChI is InChI=1S/C12H19NOS2/c1-3-13(10-11-6-5-8-16-11)12(14)7-9-15-4-2/h5-6,8H,3-4,7,9-10H2,1-2H3. The Bertz CT molecular complexity index is 298. The van der Waals surface area contributed by atoms with Gasteiger partial charge in [-0.2, -0.15) is 11.8 Å². The molecule has 0 unspecified atom stereocenters. The third-order valence-electron chi connectivity index (χ3n) is 2.33. The zero-order chi connectivity index (χ0) is 11.8. The molecule has 90 valence electrons. The van der Waals surface area contributed by atoms with Gasteiger partial charge in [0.25, 0.3) is 0 Å². The topological polar surface area (TPSA) is 20.3 Å². The quantitative estimate of drug-likeness (QED) is 0.699. The van der Waals surface area contributed by atoms with E-state index in [-0.39, 0.29) is 5.91 Å². The Balaban J connectivity index is 2.38. The molecule has 0 aliphatic carbocycles. The number of hydrogen-bond donors (Lipinski definition) is 0. The lowest BCUT2D eigenvalue weighted by Crippen LogP contribution is -2.30. The fraction of sp³-hybridized carbons (Fsp3) is 0.583. The van der Waals surface area contributed by atoms with Crippen molar-refractivity contribution < 1.29 is 4.79 Å². The first-order chi connectivity index (χ1) is 7.77. The second-order valence-corrected chi connectivity index (χ2v) is 5.86. The summed E-state index contributed by atoms with van der Waals surface area (Å²) >= 11 is 3.54. The molecule has 0 saturated heterocycles. The predicted octanol–water partition coefficient (Wildman–Crippen LogP) is 3.24. The number of nitrogens with zero attached hydrogens (tertiary/aromatic N) is 1. The molecule has 0 saturated carbocycles. The smallest absolute Gasteiger partial charge is 0.223 e. The van der Waals surface area contributed by atoms with Crippen LogP contribution < -0.4 is 0 Å². The average Bonchev–Trinajstić information content (AvgIpc) is 2.78. The molecule has 0 N–H and O–H groups in total. The van der Waals surface area contributed by atoms with Gasteiger partial charge >= 0.3 is 0 Å². The summed E-state index contributed by atoms with van der Waals surface area (Å²) in [6, 6.07) is 4.12. The molecule has 1 heterocycles. The Morgan fingerprint density at radius 1 is 1.50 bits per heavy atom. The molecular formula is C12H19NOS2. The summed E-state index contributed by atoms with van der Waals surface area (Å²) in [7, 11) is 0. The van der Waals surface area contributed by atoms with Gasteiger partial charge < -0.3 is 4.90 Å². The van der Waals surface area contributed by atoms with Crippen molar-refractivity contribution in [3.8, 4) is 0 Å². The Kier molecular flexibility index (Phi) is 6.57. The lowest BCUT2D eigenvalue weighted by atomic mass is 10.3. The van der Waals surface area contributed by atoms with E-state index in [1.54, 1.807) is 11.3 Å². The van der Waals surface area contributed by atoms with E-state index >= 15 is 0 Å². The fourth-order valence-electron chi connectivity index (χ4n) is 1.43. The van der Waals surface area contributed by atoms with Crippen LogP contribution in [-0.2, 0) is 11.3 Å². The molecule has 0 spiro atoms. The maximum atomic E-state index is 11.9. The predicted molar refractivity (Wildman–Crippen MR) is 73.0 cm³/mol. The van der Waals surface area contributed by atoms with Crippen molar-refractivity contribution in [3.63, 3.8) is 0 Å². The number of carbonyl (C=O) groups is 1. The van der Waals surface area contributed by atoms with Crippen LogP contribution in [0.5, 0.6) is 0 Å². The van der Waals surface area contributed by atoms with Crippen molar-refractivity contribution in [1.29, 1.82) is 0 Å².